The zero-order valence-corrected chi connectivity index (χ0v) is 22.2. The molecule has 0 radical (unpaired) electrons. The number of amides is 2. The summed E-state index contributed by atoms with van der Waals surface area (Å²) in [6.45, 7) is 5.25. The molecule has 0 aromatic heterocycles. The van der Waals surface area contributed by atoms with Gasteiger partial charge in [-0.25, -0.2) is 4.39 Å². The molecular formula is C32H38FN3O2. The topological polar surface area (TPSA) is 61.4 Å². The summed E-state index contributed by atoms with van der Waals surface area (Å²) < 4.78 is 14.6. The number of anilines is 1. The van der Waals surface area contributed by atoms with Crippen LogP contribution in [0, 0.1) is 5.82 Å². The van der Waals surface area contributed by atoms with Crippen molar-refractivity contribution in [2.75, 3.05) is 31.5 Å². The summed E-state index contributed by atoms with van der Waals surface area (Å²) in [7, 11) is 0. The molecule has 2 N–H and O–H groups in total. The number of hydrogen-bond acceptors (Lipinski definition) is 3. The van der Waals surface area contributed by atoms with Crippen LogP contribution in [0.5, 0.6) is 0 Å². The fourth-order valence-corrected chi connectivity index (χ4v) is 5.25. The van der Waals surface area contributed by atoms with Crippen molar-refractivity contribution in [2.45, 2.75) is 50.9 Å². The number of carbonyl (C=O) groups excluding carboxylic acids is 2. The third-order valence-electron chi connectivity index (χ3n) is 7.26. The fraction of sp³-hybridized carbons (Fsp3) is 0.375. The molecule has 3 aromatic carbocycles. The van der Waals surface area contributed by atoms with Crippen LogP contribution in [0.3, 0.4) is 0 Å². The van der Waals surface area contributed by atoms with E-state index in [-0.39, 0.29) is 29.5 Å². The van der Waals surface area contributed by atoms with Crippen molar-refractivity contribution in [3.05, 3.63) is 101 Å². The molecule has 5 nitrogen and oxygen atoms in total. The first kappa shape index (κ1) is 27.5. The molecule has 0 unspecified atom stereocenters. The van der Waals surface area contributed by atoms with Crippen molar-refractivity contribution in [3.8, 4) is 0 Å². The lowest BCUT2D eigenvalue weighted by Crippen LogP contribution is -2.36. The number of rotatable bonds is 11. The standard InChI is InChI=1S/C32H38FN3O2/c1-2-10-30(37)35-27-15-16-29(33)28(23-27)24-17-21-36(22-18-24)20-9-19-34-32(38)31(25-11-5-3-6-12-25)26-13-7-4-8-14-26/h3-8,11-16,23-24,31H,2,9-10,17-22H2,1H3,(H,34,38)(H,35,37). The first-order valence-corrected chi connectivity index (χ1v) is 13.7. The molecule has 0 saturated carbocycles. The van der Waals surface area contributed by atoms with Gasteiger partial charge >= 0.3 is 0 Å². The zero-order chi connectivity index (χ0) is 26.7. The fourth-order valence-electron chi connectivity index (χ4n) is 5.25. The van der Waals surface area contributed by atoms with Gasteiger partial charge in [0.2, 0.25) is 11.8 Å². The molecule has 2 amide bonds. The first-order valence-electron chi connectivity index (χ1n) is 13.7. The third kappa shape index (κ3) is 7.51. The predicted octanol–water partition coefficient (Wildman–Crippen LogP) is 6.08. The van der Waals surface area contributed by atoms with Gasteiger partial charge in [0.1, 0.15) is 5.82 Å². The van der Waals surface area contributed by atoms with Crippen molar-refractivity contribution in [1.82, 2.24) is 10.2 Å². The number of halogens is 1. The predicted molar refractivity (Wildman–Crippen MR) is 151 cm³/mol. The van der Waals surface area contributed by atoms with Gasteiger partial charge in [-0.1, -0.05) is 67.6 Å². The Morgan fingerprint density at radius 1 is 0.947 bits per heavy atom. The van der Waals surface area contributed by atoms with Crippen LogP contribution in [-0.2, 0) is 9.59 Å². The molecule has 4 rings (SSSR count). The molecule has 0 atom stereocenters. The maximum Gasteiger partial charge on any atom is 0.232 e. The summed E-state index contributed by atoms with van der Waals surface area (Å²) in [5.41, 5.74) is 3.33. The van der Waals surface area contributed by atoms with Crippen LogP contribution in [0.2, 0.25) is 0 Å². The molecule has 1 heterocycles. The van der Waals surface area contributed by atoms with Gasteiger partial charge in [0.05, 0.1) is 5.92 Å². The van der Waals surface area contributed by atoms with Crippen LogP contribution in [0.25, 0.3) is 0 Å². The molecule has 1 saturated heterocycles. The van der Waals surface area contributed by atoms with E-state index < -0.39 is 0 Å². The highest BCUT2D eigenvalue weighted by Gasteiger charge is 2.24. The molecular weight excluding hydrogens is 477 g/mol. The Labute approximate surface area is 225 Å². The molecule has 1 aliphatic rings. The number of carbonyl (C=O) groups is 2. The van der Waals surface area contributed by atoms with Gasteiger partial charge in [0.15, 0.2) is 0 Å². The van der Waals surface area contributed by atoms with Crippen molar-refractivity contribution in [2.24, 2.45) is 0 Å². The largest absolute Gasteiger partial charge is 0.355 e. The SMILES string of the molecule is CCCC(=O)Nc1ccc(F)c(C2CCN(CCCNC(=O)C(c3ccccc3)c3ccccc3)CC2)c1. The molecule has 0 aliphatic carbocycles. The molecule has 1 fully saturated rings. The van der Waals surface area contributed by atoms with Gasteiger partial charge in [-0.05, 0) is 86.1 Å². The molecule has 3 aromatic rings. The monoisotopic (exact) mass is 515 g/mol. The average Bonchev–Trinajstić information content (AvgIpc) is 2.94. The number of nitrogens with zero attached hydrogens (tertiary/aromatic N) is 1. The van der Waals surface area contributed by atoms with E-state index in [9.17, 15) is 14.0 Å². The quantitative estimate of drug-likeness (QED) is 0.304. The van der Waals surface area contributed by atoms with Crippen molar-refractivity contribution >= 4 is 17.5 Å². The number of piperidine rings is 1. The van der Waals surface area contributed by atoms with E-state index in [1.54, 1.807) is 12.1 Å². The van der Waals surface area contributed by atoms with Gasteiger partial charge in [-0.2, -0.15) is 0 Å². The highest BCUT2D eigenvalue weighted by molar-refractivity contribution is 5.90. The molecule has 0 spiro atoms. The Kier molecular flexibility index (Phi) is 10.0. The molecule has 6 heteroatoms. The second-order valence-corrected chi connectivity index (χ2v) is 10.0. The van der Waals surface area contributed by atoms with Crippen LogP contribution in [-0.4, -0.2) is 42.9 Å². The van der Waals surface area contributed by atoms with Crippen molar-refractivity contribution < 1.29 is 14.0 Å². The minimum Gasteiger partial charge on any atom is -0.355 e. The Hall–Kier alpha value is -3.51. The summed E-state index contributed by atoms with van der Waals surface area (Å²) >= 11 is 0. The maximum absolute atomic E-state index is 14.6. The van der Waals surface area contributed by atoms with Crippen molar-refractivity contribution in [1.29, 1.82) is 0 Å². The van der Waals surface area contributed by atoms with E-state index in [4.69, 9.17) is 0 Å². The lowest BCUT2D eigenvalue weighted by atomic mass is 9.88. The van der Waals surface area contributed by atoms with Gasteiger partial charge in [0, 0.05) is 18.7 Å². The zero-order valence-electron chi connectivity index (χ0n) is 22.2. The first-order chi connectivity index (χ1) is 18.5. The normalized spacial score (nSPS) is 14.4. The van der Waals surface area contributed by atoms with Gasteiger partial charge < -0.3 is 15.5 Å². The van der Waals surface area contributed by atoms with E-state index in [0.29, 0.717) is 24.2 Å². The number of likely N-dealkylation sites (tertiary alicyclic amines) is 1. The van der Waals surface area contributed by atoms with E-state index in [2.05, 4.69) is 15.5 Å². The third-order valence-corrected chi connectivity index (χ3v) is 7.26. The lowest BCUT2D eigenvalue weighted by molar-refractivity contribution is -0.121. The van der Waals surface area contributed by atoms with Crippen LogP contribution in [0.4, 0.5) is 10.1 Å². The van der Waals surface area contributed by atoms with E-state index >= 15 is 0 Å². The lowest BCUT2D eigenvalue weighted by Gasteiger charge is -2.32. The Morgan fingerprint density at radius 3 is 2.18 bits per heavy atom. The smallest absolute Gasteiger partial charge is 0.232 e. The second-order valence-electron chi connectivity index (χ2n) is 10.0. The number of nitrogens with one attached hydrogen (secondary N) is 2. The average molecular weight is 516 g/mol. The number of benzene rings is 3. The summed E-state index contributed by atoms with van der Waals surface area (Å²) in [4.78, 5) is 27.5. The summed E-state index contributed by atoms with van der Waals surface area (Å²) in [5, 5.41) is 6.02. The summed E-state index contributed by atoms with van der Waals surface area (Å²) in [5.74, 6) is -0.406. The Bertz CT molecular complexity index is 1140. The molecule has 0 bridgehead atoms. The minimum absolute atomic E-state index is 0.0162. The van der Waals surface area contributed by atoms with Crippen LogP contribution >= 0.6 is 0 Å². The van der Waals surface area contributed by atoms with Crippen LogP contribution < -0.4 is 10.6 Å². The molecule has 200 valence electrons. The van der Waals surface area contributed by atoms with Gasteiger partial charge in [0.25, 0.3) is 0 Å². The highest BCUT2D eigenvalue weighted by atomic mass is 19.1. The van der Waals surface area contributed by atoms with E-state index in [0.717, 1.165) is 56.4 Å². The summed E-state index contributed by atoms with van der Waals surface area (Å²) in [6, 6.07) is 24.7. The molecule has 1 aliphatic heterocycles. The van der Waals surface area contributed by atoms with E-state index in [1.165, 1.54) is 6.07 Å². The highest BCUT2D eigenvalue weighted by Crippen LogP contribution is 2.32. The Balaban J connectivity index is 1.25. The molecule has 38 heavy (non-hydrogen) atoms. The van der Waals surface area contributed by atoms with Gasteiger partial charge in [-0.3, -0.25) is 9.59 Å². The van der Waals surface area contributed by atoms with Gasteiger partial charge in [-0.15, -0.1) is 0 Å². The van der Waals surface area contributed by atoms with Crippen molar-refractivity contribution in [3.63, 3.8) is 0 Å². The summed E-state index contributed by atoms with van der Waals surface area (Å²) in [6.07, 6.45) is 3.85. The number of hydrogen-bond donors (Lipinski definition) is 2. The minimum atomic E-state index is -0.328. The second kappa shape index (κ2) is 13.9. The van der Waals surface area contributed by atoms with Crippen LogP contribution in [0.15, 0.2) is 78.9 Å². The Morgan fingerprint density at radius 2 is 1.58 bits per heavy atom. The van der Waals surface area contributed by atoms with E-state index in [1.807, 2.05) is 67.6 Å². The van der Waals surface area contributed by atoms with Crippen LogP contribution in [0.1, 0.15) is 67.6 Å². The maximum atomic E-state index is 14.6.